The Hall–Kier alpha value is -0.200. The zero-order valence-corrected chi connectivity index (χ0v) is 27.8. The number of hydrogen-bond acceptors (Lipinski definition) is 5. The van der Waals surface area contributed by atoms with E-state index in [0.29, 0.717) is 6.10 Å². The molecule has 4 fully saturated rings. The number of ether oxygens (including phenoxy) is 1. The van der Waals surface area contributed by atoms with Gasteiger partial charge in [0.15, 0.2) is 0 Å². The van der Waals surface area contributed by atoms with Crippen LogP contribution >= 0.6 is 0 Å². The van der Waals surface area contributed by atoms with Crippen molar-refractivity contribution >= 4 is 0 Å². The lowest BCUT2D eigenvalue weighted by atomic mass is 9.98. The Balaban J connectivity index is 0.000000255. The molecule has 4 rings (SSSR count). The standard InChI is InChI=1S/C9H19NO.C9H19N.C8H17N.C7H15N/c1-8(2)11-7-9-4-5-10(3)6-9;1-8(2)10-6-4-9(3)5-7-10;1-7(2)9-5-4-8(3)6-9;1-7(2)8-5-3-4-6-8/h8-9H,4-7H2,1-3H3;8-9H,4-7H2,1-3H3;7-8H,4-6H2,1-3H3;7H,3-6H2,1-2H3. The average molecular weight is 539 g/mol. The van der Waals surface area contributed by atoms with Crippen LogP contribution in [0.5, 0.6) is 0 Å². The van der Waals surface area contributed by atoms with E-state index >= 15 is 0 Å². The van der Waals surface area contributed by atoms with Gasteiger partial charge in [-0.25, -0.2) is 0 Å². The molecule has 5 nitrogen and oxygen atoms in total. The first-order chi connectivity index (χ1) is 17.9. The SMILES string of the molecule is CC(C)N1CCCC1.CC(C)OCC1CCN(C)C1.CC1CCN(C(C)C)C1.CC1CCN(C(C)C)CC1. The monoisotopic (exact) mass is 539 g/mol. The molecule has 0 radical (unpaired) electrons. The maximum atomic E-state index is 5.55. The lowest BCUT2D eigenvalue weighted by Crippen LogP contribution is -2.37. The summed E-state index contributed by atoms with van der Waals surface area (Å²) in [7, 11) is 2.18. The second-order valence-electron chi connectivity index (χ2n) is 13.9. The van der Waals surface area contributed by atoms with Gasteiger partial charge < -0.3 is 24.3 Å². The highest BCUT2D eigenvalue weighted by Crippen LogP contribution is 2.18. The third kappa shape index (κ3) is 16.2. The molecule has 4 saturated heterocycles. The summed E-state index contributed by atoms with van der Waals surface area (Å²) in [6.45, 7) is 33.9. The predicted molar refractivity (Wildman–Crippen MR) is 168 cm³/mol. The topological polar surface area (TPSA) is 22.2 Å². The molecule has 0 bridgehead atoms. The van der Waals surface area contributed by atoms with Gasteiger partial charge in [-0.1, -0.05) is 13.8 Å². The molecule has 2 unspecified atom stereocenters. The largest absolute Gasteiger partial charge is 0.378 e. The Bertz CT molecular complexity index is 553. The third-order valence-corrected chi connectivity index (χ3v) is 8.76. The highest BCUT2D eigenvalue weighted by molar-refractivity contribution is 4.75. The number of rotatable bonds is 6. The smallest absolute Gasteiger partial charge is 0.0519 e. The Morgan fingerprint density at radius 1 is 0.579 bits per heavy atom. The zero-order chi connectivity index (χ0) is 28.7. The van der Waals surface area contributed by atoms with Crippen LogP contribution in [0.2, 0.25) is 0 Å². The van der Waals surface area contributed by atoms with Crippen LogP contribution in [0.25, 0.3) is 0 Å². The van der Waals surface area contributed by atoms with Gasteiger partial charge in [0.1, 0.15) is 0 Å². The Morgan fingerprint density at radius 2 is 1.05 bits per heavy atom. The van der Waals surface area contributed by atoms with Crippen molar-refractivity contribution in [1.29, 1.82) is 0 Å². The summed E-state index contributed by atoms with van der Waals surface area (Å²) in [6.07, 6.45) is 8.73. The van der Waals surface area contributed by atoms with Crippen LogP contribution in [0, 0.1) is 17.8 Å². The van der Waals surface area contributed by atoms with Crippen LogP contribution in [-0.4, -0.2) is 110 Å². The van der Waals surface area contributed by atoms with Gasteiger partial charge in [-0.05, 0) is 158 Å². The molecule has 0 spiro atoms. The Kier molecular flexibility index (Phi) is 18.7. The zero-order valence-electron chi connectivity index (χ0n) is 27.8. The first kappa shape index (κ1) is 35.8. The van der Waals surface area contributed by atoms with Gasteiger partial charge in [0.05, 0.1) is 12.7 Å². The molecular formula is C33H70N4O. The molecule has 0 aromatic heterocycles. The lowest BCUT2D eigenvalue weighted by Gasteiger charge is -2.33. The number of likely N-dealkylation sites (tertiary alicyclic amines) is 4. The second kappa shape index (κ2) is 19.8. The Morgan fingerprint density at radius 3 is 1.39 bits per heavy atom. The van der Waals surface area contributed by atoms with Crippen molar-refractivity contribution in [2.75, 3.05) is 66.0 Å². The normalized spacial score (nSPS) is 26.0. The molecule has 0 saturated carbocycles. The molecule has 2 atom stereocenters. The summed E-state index contributed by atoms with van der Waals surface area (Å²) in [5, 5.41) is 0. The van der Waals surface area contributed by atoms with E-state index in [1.54, 1.807) is 0 Å². The van der Waals surface area contributed by atoms with Crippen molar-refractivity contribution in [3.63, 3.8) is 0 Å². The maximum Gasteiger partial charge on any atom is 0.0519 e. The van der Waals surface area contributed by atoms with E-state index in [1.807, 2.05) is 0 Å². The number of piperidine rings is 1. The maximum absolute atomic E-state index is 5.55. The minimum Gasteiger partial charge on any atom is -0.378 e. The van der Waals surface area contributed by atoms with Gasteiger partial charge in [0, 0.05) is 31.2 Å². The summed E-state index contributed by atoms with van der Waals surface area (Å²) in [5.41, 5.74) is 0. The number of nitrogens with zero attached hydrogens (tertiary/aromatic N) is 4. The molecule has 228 valence electrons. The van der Waals surface area contributed by atoms with Gasteiger partial charge in [-0.15, -0.1) is 0 Å². The predicted octanol–water partition coefficient (Wildman–Crippen LogP) is 6.72. The van der Waals surface area contributed by atoms with Crippen molar-refractivity contribution in [2.24, 2.45) is 17.8 Å². The van der Waals surface area contributed by atoms with Gasteiger partial charge in [-0.2, -0.15) is 0 Å². The molecular weight excluding hydrogens is 468 g/mol. The van der Waals surface area contributed by atoms with Crippen molar-refractivity contribution < 1.29 is 4.74 Å². The minimum absolute atomic E-state index is 0.390. The van der Waals surface area contributed by atoms with Crippen LogP contribution in [0.15, 0.2) is 0 Å². The fraction of sp³-hybridized carbons (Fsp3) is 1.00. The summed E-state index contributed by atoms with van der Waals surface area (Å²) in [6, 6.07) is 2.29. The van der Waals surface area contributed by atoms with E-state index < -0.39 is 0 Å². The third-order valence-electron chi connectivity index (χ3n) is 8.76. The van der Waals surface area contributed by atoms with Crippen molar-refractivity contribution in [3.05, 3.63) is 0 Å². The van der Waals surface area contributed by atoms with Crippen LogP contribution in [-0.2, 0) is 4.74 Å². The quantitative estimate of drug-likeness (QED) is 0.373. The molecule has 5 heteroatoms. The van der Waals surface area contributed by atoms with Gasteiger partial charge in [0.2, 0.25) is 0 Å². The minimum atomic E-state index is 0.390. The first-order valence-electron chi connectivity index (χ1n) is 16.4. The van der Waals surface area contributed by atoms with Crippen molar-refractivity contribution in [1.82, 2.24) is 19.6 Å². The molecule has 38 heavy (non-hydrogen) atoms. The molecule has 0 aromatic rings. The summed E-state index contributed by atoms with van der Waals surface area (Å²) < 4.78 is 5.55. The van der Waals surface area contributed by atoms with E-state index in [4.69, 9.17) is 4.74 Å². The highest BCUT2D eigenvalue weighted by atomic mass is 16.5. The van der Waals surface area contributed by atoms with Gasteiger partial charge >= 0.3 is 0 Å². The molecule has 0 amide bonds. The van der Waals surface area contributed by atoms with Crippen molar-refractivity contribution in [3.8, 4) is 0 Å². The van der Waals surface area contributed by atoms with Gasteiger partial charge in [0.25, 0.3) is 0 Å². The highest BCUT2D eigenvalue weighted by Gasteiger charge is 2.21. The Labute approximate surface area is 240 Å². The molecule has 4 heterocycles. The van der Waals surface area contributed by atoms with E-state index in [1.165, 1.54) is 90.9 Å². The average Bonchev–Trinajstić information content (AvgIpc) is 3.62. The number of hydrogen-bond donors (Lipinski definition) is 0. The van der Waals surface area contributed by atoms with Gasteiger partial charge in [-0.3, -0.25) is 0 Å². The lowest BCUT2D eigenvalue weighted by molar-refractivity contribution is 0.0536. The van der Waals surface area contributed by atoms with Crippen LogP contribution < -0.4 is 0 Å². The van der Waals surface area contributed by atoms with E-state index in [2.05, 4.69) is 95.9 Å². The van der Waals surface area contributed by atoms with Crippen molar-refractivity contribution in [2.45, 2.75) is 132 Å². The molecule has 4 aliphatic rings. The first-order valence-corrected chi connectivity index (χ1v) is 16.4. The second-order valence-corrected chi connectivity index (χ2v) is 13.9. The summed E-state index contributed by atoms with van der Waals surface area (Å²) >= 11 is 0. The fourth-order valence-electron chi connectivity index (χ4n) is 5.73. The van der Waals surface area contributed by atoms with Crippen LogP contribution in [0.1, 0.15) is 108 Å². The fourth-order valence-corrected chi connectivity index (χ4v) is 5.73. The van der Waals surface area contributed by atoms with E-state index in [-0.39, 0.29) is 0 Å². The van der Waals surface area contributed by atoms with Crippen LogP contribution in [0.4, 0.5) is 0 Å². The molecule has 4 aliphatic heterocycles. The molecule has 0 aromatic carbocycles. The van der Waals surface area contributed by atoms with E-state index in [0.717, 1.165) is 42.5 Å². The summed E-state index contributed by atoms with van der Waals surface area (Å²) in [5.74, 6) is 2.68. The van der Waals surface area contributed by atoms with Crippen LogP contribution in [0.3, 0.4) is 0 Å². The van der Waals surface area contributed by atoms with E-state index in [9.17, 15) is 0 Å². The summed E-state index contributed by atoms with van der Waals surface area (Å²) in [4.78, 5) is 10.0. The molecule has 0 aliphatic carbocycles. The molecule has 0 N–H and O–H groups in total.